The highest BCUT2D eigenvalue weighted by Gasteiger charge is 2.15. The largest absolute Gasteiger partial charge is 0.512 e. The highest BCUT2D eigenvalue weighted by molar-refractivity contribution is 5.89. The van der Waals surface area contributed by atoms with Crippen LogP contribution in [0.15, 0.2) is 60.7 Å². The number of para-hydroxylation sites is 1. The van der Waals surface area contributed by atoms with Crippen molar-refractivity contribution in [2.75, 3.05) is 6.61 Å². The molecule has 0 unspecified atom stereocenters. The number of carboxylic acid groups (broad SMARTS) is 1. The van der Waals surface area contributed by atoms with E-state index in [4.69, 9.17) is 14.6 Å². The van der Waals surface area contributed by atoms with Gasteiger partial charge in [-0.15, -0.1) is 0 Å². The van der Waals surface area contributed by atoms with Crippen molar-refractivity contribution in [2.24, 2.45) is 0 Å². The summed E-state index contributed by atoms with van der Waals surface area (Å²) >= 11 is 0. The van der Waals surface area contributed by atoms with E-state index in [1.54, 1.807) is 0 Å². The van der Waals surface area contributed by atoms with Crippen LogP contribution < -0.4 is 9.47 Å². The van der Waals surface area contributed by atoms with Gasteiger partial charge < -0.3 is 19.6 Å². The van der Waals surface area contributed by atoms with E-state index in [2.05, 4.69) is 30.1 Å². The second kappa shape index (κ2) is 7.64. The van der Waals surface area contributed by atoms with Gasteiger partial charge >= 0.3 is 6.16 Å². The molecular weight excluding hydrogens is 354 g/mol. The quantitative estimate of drug-likeness (QED) is 0.335. The van der Waals surface area contributed by atoms with Crippen molar-refractivity contribution in [3.8, 4) is 11.6 Å². The maximum atomic E-state index is 11.0. The number of ether oxygens (including phenoxy) is 2. The predicted octanol–water partition coefficient (Wildman–Crippen LogP) is 5.70. The standard InChI is InChI=1S/C23H21NO4/c1-15-13-16-7-2-3-8-17(16)21(14-15)27-12-6-10-19-18-9-4-5-11-20(18)24-22(19)28-23(25)26/h2-5,7-9,11,13-14,24H,6,10,12H2,1H3,(H,25,26). The molecule has 0 spiro atoms. The summed E-state index contributed by atoms with van der Waals surface area (Å²) in [5.41, 5.74) is 2.87. The van der Waals surface area contributed by atoms with E-state index in [-0.39, 0.29) is 5.88 Å². The summed E-state index contributed by atoms with van der Waals surface area (Å²) in [6.45, 7) is 2.58. The molecule has 0 aliphatic carbocycles. The number of H-pyrrole nitrogens is 1. The van der Waals surface area contributed by atoms with Crippen LogP contribution in [0, 0.1) is 6.92 Å². The number of aromatic nitrogens is 1. The second-order valence-corrected chi connectivity index (χ2v) is 6.78. The first-order chi connectivity index (χ1) is 13.6. The van der Waals surface area contributed by atoms with Gasteiger partial charge in [0.15, 0.2) is 0 Å². The van der Waals surface area contributed by atoms with E-state index in [0.29, 0.717) is 13.0 Å². The van der Waals surface area contributed by atoms with Gasteiger partial charge in [-0.25, -0.2) is 4.79 Å². The number of aromatic amines is 1. The first-order valence-electron chi connectivity index (χ1n) is 9.24. The van der Waals surface area contributed by atoms with Gasteiger partial charge in [-0.1, -0.05) is 48.5 Å². The van der Waals surface area contributed by atoms with Crippen LogP contribution in [0.1, 0.15) is 17.5 Å². The van der Waals surface area contributed by atoms with Crippen LogP contribution in [0.25, 0.3) is 21.7 Å². The average molecular weight is 375 g/mol. The fourth-order valence-corrected chi connectivity index (χ4v) is 3.57. The Labute approximate surface area is 162 Å². The molecule has 142 valence electrons. The van der Waals surface area contributed by atoms with Gasteiger partial charge in [0.2, 0.25) is 5.88 Å². The number of carbonyl (C=O) groups is 1. The highest BCUT2D eigenvalue weighted by atomic mass is 16.7. The number of nitrogens with one attached hydrogen (secondary N) is 1. The molecule has 0 fully saturated rings. The van der Waals surface area contributed by atoms with Crippen LogP contribution in [-0.2, 0) is 6.42 Å². The smallest absolute Gasteiger partial charge is 0.493 e. The van der Waals surface area contributed by atoms with Gasteiger partial charge in [-0.3, -0.25) is 0 Å². The third kappa shape index (κ3) is 3.64. The maximum absolute atomic E-state index is 11.0. The zero-order valence-electron chi connectivity index (χ0n) is 15.6. The number of hydrogen-bond donors (Lipinski definition) is 2. The monoisotopic (exact) mass is 375 g/mol. The molecule has 0 saturated heterocycles. The fraction of sp³-hybridized carbons (Fsp3) is 0.174. The summed E-state index contributed by atoms with van der Waals surface area (Å²) in [7, 11) is 0. The summed E-state index contributed by atoms with van der Waals surface area (Å²) in [6, 6.07) is 20.1. The zero-order valence-corrected chi connectivity index (χ0v) is 15.6. The molecule has 0 atom stereocenters. The van der Waals surface area contributed by atoms with Crippen molar-refractivity contribution in [3.63, 3.8) is 0 Å². The predicted molar refractivity (Wildman–Crippen MR) is 109 cm³/mol. The minimum Gasteiger partial charge on any atom is -0.493 e. The molecule has 0 radical (unpaired) electrons. The van der Waals surface area contributed by atoms with Crippen LogP contribution in [0.3, 0.4) is 0 Å². The summed E-state index contributed by atoms with van der Waals surface area (Å²) < 4.78 is 11.0. The van der Waals surface area contributed by atoms with Crippen molar-refractivity contribution in [2.45, 2.75) is 19.8 Å². The van der Waals surface area contributed by atoms with E-state index in [0.717, 1.165) is 45.0 Å². The molecule has 3 aromatic carbocycles. The Kier molecular flexibility index (Phi) is 4.89. The van der Waals surface area contributed by atoms with Gasteiger partial charge in [0, 0.05) is 21.9 Å². The summed E-state index contributed by atoms with van der Waals surface area (Å²) in [5.74, 6) is 1.16. The van der Waals surface area contributed by atoms with Crippen LogP contribution in [0.4, 0.5) is 4.79 Å². The Morgan fingerprint density at radius 2 is 1.79 bits per heavy atom. The lowest BCUT2D eigenvalue weighted by molar-refractivity contribution is 0.142. The molecule has 1 aromatic heterocycles. The molecule has 0 saturated carbocycles. The Hall–Kier alpha value is -3.47. The fourth-order valence-electron chi connectivity index (χ4n) is 3.57. The zero-order chi connectivity index (χ0) is 19.5. The number of fused-ring (bicyclic) bond motifs is 2. The molecule has 2 N–H and O–H groups in total. The van der Waals surface area contributed by atoms with E-state index < -0.39 is 6.16 Å². The minimum atomic E-state index is -1.32. The first-order valence-corrected chi connectivity index (χ1v) is 9.24. The van der Waals surface area contributed by atoms with Crippen molar-refractivity contribution in [1.82, 2.24) is 4.98 Å². The van der Waals surface area contributed by atoms with Crippen LogP contribution in [-0.4, -0.2) is 22.9 Å². The molecule has 0 amide bonds. The maximum Gasteiger partial charge on any atom is 0.512 e. The number of benzene rings is 3. The van der Waals surface area contributed by atoms with Crippen LogP contribution in [0.2, 0.25) is 0 Å². The molecule has 4 aromatic rings. The average Bonchev–Trinajstić information content (AvgIpc) is 3.01. The highest BCUT2D eigenvalue weighted by Crippen LogP contribution is 2.30. The van der Waals surface area contributed by atoms with Gasteiger partial charge in [0.1, 0.15) is 5.75 Å². The third-order valence-corrected chi connectivity index (χ3v) is 4.76. The molecule has 0 bridgehead atoms. The van der Waals surface area contributed by atoms with Crippen molar-refractivity contribution in [1.29, 1.82) is 0 Å². The molecule has 5 heteroatoms. The van der Waals surface area contributed by atoms with Crippen LogP contribution in [0.5, 0.6) is 11.6 Å². The summed E-state index contributed by atoms with van der Waals surface area (Å²) in [4.78, 5) is 14.0. The lowest BCUT2D eigenvalue weighted by atomic mass is 10.1. The van der Waals surface area contributed by atoms with E-state index in [1.807, 2.05) is 42.5 Å². The van der Waals surface area contributed by atoms with E-state index >= 15 is 0 Å². The minimum absolute atomic E-state index is 0.287. The lowest BCUT2D eigenvalue weighted by Gasteiger charge is -2.11. The van der Waals surface area contributed by atoms with Crippen LogP contribution >= 0.6 is 0 Å². The normalized spacial score (nSPS) is 11.0. The van der Waals surface area contributed by atoms with Crippen molar-refractivity contribution < 1.29 is 19.4 Å². The molecule has 4 rings (SSSR count). The van der Waals surface area contributed by atoms with Gasteiger partial charge in [0.25, 0.3) is 0 Å². The topological polar surface area (TPSA) is 71.6 Å². The lowest BCUT2D eigenvalue weighted by Crippen LogP contribution is -2.06. The number of aryl methyl sites for hydroxylation is 2. The molecule has 1 heterocycles. The second-order valence-electron chi connectivity index (χ2n) is 6.78. The third-order valence-electron chi connectivity index (χ3n) is 4.76. The molecule has 28 heavy (non-hydrogen) atoms. The van der Waals surface area contributed by atoms with E-state index in [1.165, 1.54) is 0 Å². The Morgan fingerprint density at radius 3 is 2.61 bits per heavy atom. The first kappa shape index (κ1) is 17.9. The Bertz CT molecular complexity index is 1150. The summed E-state index contributed by atoms with van der Waals surface area (Å²) in [5, 5.41) is 12.2. The van der Waals surface area contributed by atoms with Gasteiger partial charge in [-0.05, 0) is 42.8 Å². The van der Waals surface area contributed by atoms with E-state index in [9.17, 15) is 4.79 Å². The van der Waals surface area contributed by atoms with Crippen molar-refractivity contribution in [3.05, 3.63) is 71.8 Å². The van der Waals surface area contributed by atoms with Crippen molar-refractivity contribution >= 4 is 27.8 Å². The van der Waals surface area contributed by atoms with Gasteiger partial charge in [-0.2, -0.15) is 0 Å². The molecular formula is C23H21NO4. The molecule has 0 aliphatic rings. The molecule has 5 nitrogen and oxygen atoms in total. The SMILES string of the molecule is Cc1cc(OCCCc2c(OC(=O)O)[nH]c3ccccc23)c2ccccc2c1. The Balaban J connectivity index is 1.50. The number of hydrogen-bond acceptors (Lipinski definition) is 3. The molecule has 0 aliphatic heterocycles. The number of rotatable bonds is 6. The Morgan fingerprint density at radius 1 is 1.04 bits per heavy atom. The summed E-state index contributed by atoms with van der Waals surface area (Å²) in [6.07, 6.45) is 0.0616. The van der Waals surface area contributed by atoms with Gasteiger partial charge in [0.05, 0.1) is 6.61 Å².